The number of ether oxygens (including phenoxy) is 1. The van der Waals surface area contributed by atoms with Crippen LogP contribution in [0, 0.1) is 34.5 Å². The molecule has 1 heterocycles. The molecule has 0 spiro atoms. The van der Waals surface area contributed by atoms with Crippen LogP contribution in [0.3, 0.4) is 0 Å². The summed E-state index contributed by atoms with van der Waals surface area (Å²) in [7, 11) is 0. The largest absolute Gasteiger partial charge is 0.460 e. The van der Waals surface area contributed by atoms with Crippen molar-refractivity contribution in [3.8, 4) is 0 Å². The summed E-state index contributed by atoms with van der Waals surface area (Å²) >= 11 is 0. The molecule has 0 radical (unpaired) electrons. The van der Waals surface area contributed by atoms with Crippen molar-refractivity contribution >= 4 is 5.97 Å². The molecule has 33 heavy (non-hydrogen) atoms. The molecule has 6 nitrogen and oxygen atoms in total. The van der Waals surface area contributed by atoms with Crippen LogP contribution < -0.4 is 0 Å². The first-order valence-corrected chi connectivity index (χ1v) is 13.6. The van der Waals surface area contributed by atoms with Crippen molar-refractivity contribution in [1.29, 1.82) is 0 Å². The van der Waals surface area contributed by atoms with Crippen molar-refractivity contribution in [3.05, 3.63) is 12.4 Å². The van der Waals surface area contributed by atoms with E-state index in [4.69, 9.17) is 4.74 Å². The molecule has 0 amide bonds. The molecule has 4 saturated carbocycles. The predicted molar refractivity (Wildman–Crippen MR) is 128 cm³/mol. The van der Waals surface area contributed by atoms with Crippen LogP contribution in [0.1, 0.15) is 92.0 Å². The molecule has 0 aromatic carbocycles. The van der Waals surface area contributed by atoms with Crippen molar-refractivity contribution in [2.75, 3.05) is 13.1 Å². The fourth-order valence-electron chi connectivity index (χ4n) is 9.31. The second kappa shape index (κ2) is 8.66. The van der Waals surface area contributed by atoms with E-state index in [1.165, 1.54) is 51.6 Å². The first-order chi connectivity index (χ1) is 15.8. The fourth-order valence-corrected chi connectivity index (χ4v) is 9.31. The van der Waals surface area contributed by atoms with Crippen LogP contribution in [0.25, 0.3) is 0 Å². The molecule has 0 saturated heterocycles. The van der Waals surface area contributed by atoms with E-state index in [1.807, 2.05) is 10.9 Å². The standard InChI is InChI=1S/C27H44N4O2/c1-6-30(7-2)20-10-12-26(4)19(16-20)8-9-21-22(26)11-13-27(5)23(21)17-24(25(27)33-18(3)32)31-15-14-28-29-31/h14-15,19-25H,6-13,16-17H2,1-5H3/t19?,20-,21?,22?,23?,24-,25-,26-,27-/m0/s1. The van der Waals surface area contributed by atoms with Gasteiger partial charge in [-0.1, -0.05) is 32.9 Å². The lowest BCUT2D eigenvalue weighted by Crippen LogP contribution is -2.56. The van der Waals surface area contributed by atoms with Gasteiger partial charge in [0.1, 0.15) is 6.10 Å². The Labute approximate surface area is 199 Å². The second-order valence-electron chi connectivity index (χ2n) is 12.1. The lowest BCUT2D eigenvalue weighted by molar-refractivity contribution is -0.164. The maximum atomic E-state index is 12.1. The Hall–Kier alpha value is -1.43. The summed E-state index contributed by atoms with van der Waals surface area (Å²) < 4.78 is 8.03. The highest BCUT2D eigenvalue weighted by Crippen LogP contribution is 2.68. The number of aromatic nitrogens is 3. The normalized spacial score (nSPS) is 44.7. The zero-order valence-corrected chi connectivity index (χ0v) is 21.4. The Bertz CT molecular complexity index is 839. The number of hydrogen-bond donors (Lipinski definition) is 0. The highest BCUT2D eigenvalue weighted by Gasteiger charge is 2.64. The monoisotopic (exact) mass is 456 g/mol. The summed E-state index contributed by atoms with van der Waals surface area (Å²) in [4.78, 5) is 14.8. The van der Waals surface area contributed by atoms with Crippen molar-refractivity contribution in [3.63, 3.8) is 0 Å². The lowest BCUT2D eigenvalue weighted by atomic mass is 9.45. The van der Waals surface area contributed by atoms with Crippen LogP contribution in [-0.4, -0.2) is 51.1 Å². The van der Waals surface area contributed by atoms with Gasteiger partial charge in [-0.3, -0.25) is 4.79 Å². The molecule has 0 aliphatic heterocycles. The summed E-state index contributed by atoms with van der Waals surface area (Å²) in [6.07, 6.45) is 13.9. The van der Waals surface area contributed by atoms with Gasteiger partial charge >= 0.3 is 5.97 Å². The molecule has 9 atom stereocenters. The Morgan fingerprint density at radius 2 is 1.82 bits per heavy atom. The predicted octanol–water partition coefficient (Wildman–Crippen LogP) is 5.11. The van der Waals surface area contributed by atoms with Gasteiger partial charge in [-0.15, -0.1) is 5.10 Å². The van der Waals surface area contributed by atoms with E-state index in [9.17, 15) is 4.79 Å². The molecule has 4 unspecified atom stereocenters. The topological polar surface area (TPSA) is 60.3 Å². The summed E-state index contributed by atoms with van der Waals surface area (Å²) in [5, 5.41) is 8.41. The molecular formula is C27H44N4O2. The molecule has 1 aromatic rings. The number of carbonyl (C=O) groups is 1. The molecule has 4 aliphatic rings. The van der Waals surface area contributed by atoms with Crippen molar-refractivity contribution in [2.24, 2.45) is 34.5 Å². The Kier molecular flexibility index (Phi) is 6.12. The van der Waals surface area contributed by atoms with Gasteiger partial charge in [0, 0.05) is 24.6 Å². The number of rotatable bonds is 5. The van der Waals surface area contributed by atoms with Gasteiger partial charge in [0.25, 0.3) is 0 Å². The molecule has 4 fully saturated rings. The molecule has 0 N–H and O–H groups in total. The number of hydrogen-bond acceptors (Lipinski definition) is 5. The second-order valence-corrected chi connectivity index (χ2v) is 12.1. The summed E-state index contributed by atoms with van der Waals surface area (Å²) in [6, 6.07) is 0.883. The minimum atomic E-state index is -0.167. The highest BCUT2D eigenvalue weighted by atomic mass is 16.5. The first-order valence-electron chi connectivity index (χ1n) is 13.6. The van der Waals surface area contributed by atoms with Gasteiger partial charge in [0.05, 0.1) is 12.2 Å². The number of fused-ring (bicyclic) bond motifs is 5. The third kappa shape index (κ3) is 3.66. The third-order valence-electron chi connectivity index (χ3n) is 11.0. The van der Waals surface area contributed by atoms with Crippen LogP contribution in [-0.2, 0) is 9.53 Å². The van der Waals surface area contributed by atoms with Crippen LogP contribution in [0.15, 0.2) is 12.4 Å². The Morgan fingerprint density at radius 1 is 1.06 bits per heavy atom. The minimum Gasteiger partial charge on any atom is -0.460 e. The van der Waals surface area contributed by atoms with Gasteiger partial charge < -0.3 is 9.64 Å². The fraction of sp³-hybridized carbons (Fsp3) is 0.889. The van der Waals surface area contributed by atoms with Gasteiger partial charge in [0.15, 0.2) is 0 Å². The van der Waals surface area contributed by atoms with Crippen molar-refractivity contribution in [1.82, 2.24) is 19.9 Å². The van der Waals surface area contributed by atoms with E-state index >= 15 is 0 Å². The summed E-state index contributed by atoms with van der Waals surface area (Å²) in [5.41, 5.74) is 0.501. The van der Waals surface area contributed by atoms with E-state index in [-0.39, 0.29) is 23.5 Å². The Morgan fingerprint density at radius 3 is 2.48 bits per heavy atom. The number of esters is 1. The molecule has 1 aromatic heterocycles. The lowest BCUT2D eigenvalue weighted by Gasteiger charge is -2.61. The van der Waals surface area contributed by atoms with E-state index < -0.39 is 0 Å². The van der Waals surface area contributed by atoms with E-state index in [2.05, 4.69) is 42.9 Å². The maximum Gasteiger partial charge on any atom is 0.302 e. The van der Waals surface area contributed by atoms with Crippen LogP contribution in [0.5, 0.6) is 0 Å². The Balaban J connectivity index is 1.40. The first kappa shape index (κ1) is 23.3. The van der Waals surface area contributed by atoms with Crippen LogP contribution in [0.4, 0.5) is 0 Å². The van der Waals surface area contributed by atoms with Gasteiger partial charge in [-0.2, -0.15) is 0 Å². The van der Waals surface area contributed by atoms with Crippen molar-refractivity contribution < 1.29 is 9.53 Å². The third-order valence-corrected chi connectivity index (χ3v) is 11.0. The number of nitrogens with zero attached hydrogens (tertiary/aromatic N) is 4. The van der Waals surface area contributed by atoms with E-state index in [0.29, 0.717) is 11.3 Å². The molecule has 0 bridgehead atoms. The number of carbonyl (C=O) groups excluding carboxylic acids is 1. The van der Waals surface area contributed by atoms with Gasteiger partial charge in [-0.25, -0.2) is 4.68 Å². The smallest absolute Gasteiger partial charge is 0.302 e. The molecular weight excluding hydrogens is 412 g/mol. The molecule has 184 valence electrons. The quantitative estimate of drug-likeness (QED) is 0.576. The van der Waals surface area contributed by atoms with E-state index in [1.54, 1.807) is 13.1 Å². The summed E-state index contributed by atoms with van der Waals surface area (Å²) in [5.74, 6) is 2.83. The summed E-state index contributed by atoms with van der Waals surface area (Å²) in [6.45, 7) is 13.6. The molecule has 4 aliphatic carbocycles. The van der Waals surface area contributed by atoms with Gasteiger partial charge in [-0.05, 0) is 93.5 Å². The molecule has 6 heteroatoms. The van der Waals surface area contributed by atoms with Crippen LogP contribution in [0.2, 0.25) is 0 Å². The van der Waals surface area contributed by atoms with Crippen molar-refractivity contribution in [2.45, 2.75) is 104 Å². The highest BCUT2D eigenvalue weighted by molar-refractivity contribution is 5.66. The van der Waals surface area contributed by atoms with Crippen LogP contribution >= 0.6 is 0 Å². The zero-order valence-electron chi connectivity index (χ0n) is 21.4. The minimum absolute atomic E-state index is 0.0328. The molecule has 5 rings (SSSR count). The van der Waals surface area contributed by atoms with E-state index in [0.717, 1.165) is 36.6 Å². The SMILES string of the molecule is CCN(CC)[C@H]1CC[C@@]2(C)C(CCC3C2CC[C@@]2(C)C3C[C@H](n3ccnn3)[C@@H]2OC(C)=O)C1. The maximum absolute atomic E-state index is 12.1. The average molecular weight is 457 g/mol. The zero-order chi connectivity index (χ0) is 23.4. The van der Waals surface area contributed by atoms with Gasteiger partial charge in [0.2, 0.25) is 0 Å². The average Bonchev–Trinajstić information content (AvgIpc) is 3.41.